The summed E-state index contributed by atoms with van der Waals surface area (Å²) in [6, 6.07) is 11.7. The van der Waals surface area contributed by atoms with Crippen LogP contribution in [0.3, 0.4) is 0 Å². The van der Waals surface area contributed by atoms with Gasteiger partial charge >= 0.3 is 5.97 Å². The van der Waals surface area contributed by atoms with Crippen molar-refractivity contribution in [3.05, 3.63) is 53.2 Å². The number of hydrogen-bond acceptors (Lipinski definition) is 5. The van der Waals surface area contributed by atoms with Crippen LogP contribution in [0.25, 0.3) is 21.2 Å². The van der Waals surface area contributed by atoms with Crippen molar-refractivity contribution in [2.75, 3.05) is 7.11 Å². The van der Waals surface area contributed by atoms with E-state index in [0.717, 1.165) is 26.1 Å². The van der Waals surface area contributed by atoms with Crippen molar-refractivity contribution in [1.29, 1.82) is 5.26 Å². The molecule has 0 aliphatic carbocycles. The molecule has 0 atom stereocenters. The molecule has 1 aromatic carbocycles. The Morgan fingerprint density at radius 2 is 1.76 bits per heavy atom. The van der Waals surface area contributed by atoms with Crippen molar-refractivity contribution in [3.8, 4) is 17.2 Å². The summed E-state index contributed by atoms with van der Waals surface area (Å²) in [6.45, 7) is 11.8. The standard InChI is InChI=1S/C20H18N2O2S.2C2H6/c1-20(2,19(23)24-3)9-15-8-16-17(11-22-12-18(16)25-15)14-6-4-13(10-21)5-7-14;2*1-2/h4-8,11-12H,9H2,1-3H3;2*1-2H3. The van der Waals surface area contributed by atoms with Crippen LogP contribution in [0.15, 0.2) is 42.7 Å². The number of rotatable bonds is 4. The van der Waals surface area contributed by atoms with Gasteiger partial charge < -0.3 is 4.74 Å². The number of ether oxygens (including phenoxy) is 1. The Kier molecular flexibility index (Phi) is 9.50. The van der Waals surface area contributed by atoms with Crippen molar-refractivity contribution < 1.29 is 9.53 Å². The van der Waals surface area contributed by atoms with E-state index in [1.807, 2.05) is 78.2 Å². The maximum atomic E-state index is 11.9. The van der Waals surface area contributed by atoms with Gasteiger partial charge in [-0.25, -0.2) is 0 Å². The molecular weight excluding hydrogens is 380 g/mol. The SMILES string of the molecule is CC.CC.COC(=O)C(C)(C)Cc1cc2c(-c3ccc(C#N)cc3)cncc2s1. The number of aromatic nitrogens is 1. The Morgan fingerprint density at radius 3 is 2.31 bits per heavy atom. The summed E-state index contributed by atoms with van der Waals surface area (Å²) in [5.41, 5.74) is 2.11. The molecule has 0 aliphatic rings. The number of methoxy groups -OCH3 is 1. The molecular formula is C24H30N2O2S. The van der Waals surface area contributed by atoms with Gasteiger partial charge in [-0.05, 0) is 44.0 Å². The van der Waals surface area contributed by atoms with E-state index in [2.05, 4.69) is 17.1 Å². The highest BCUT2D eigenvalue weighted by molar-refractivity contribution is 7.19. The fourth-order valence-corrected chi connectivity index (χ4v) is 4.12. The van der Waals surface area contributed by atoms with Gasteiger partial charge in [0.05, 0.1) is 28.9 Å². The van der Waals surface area contributed by atoms with Gasteiger partial charge in [0.2, 0.25) is 0 Å². The van der Waals surface area contributed by atoms with Gasteiger partial charge in [0.1, 0.15) is 0 Å². The minimum absolute atomic E-state index is 0.213. The number of thiophene rings is 1. The van der Waals surface area contributed by atoms with Crippen LogP contribution in [0.5, 0.6) is 0 Å². The van der Waals surface area contributed by atoms with Gasteiger partial charge in [-0.15, -0.1) is 11.3 Å². The molecule has 0 fully saturated rings. The Hall–Kier alpha value is -2.71. The average molecular weight is 411 g/mol. The molecule has 2 heterocycles. The molecule has 3 rings (SSSR count). The van der Waals surface area contributed by atoms with Crippen molar-refractivity contribution in [2.24, 2.45) is 5.41 Å². The zero-order valence-corrected chi connectivity index (χ0v) is 19.2. The Labute approximate surface area is 178 Å². The Balaban J connectivity index is 0.000000989. The molecule has 0 saturated carbocycles. The summed E-state index contributed by atoms with van der Waals surface area (Å²) in [4.78, 5) is 17.4. The maximum Gasteiger partial charge on any atom is 0.311 e. The molecule has 0 unspecified atom stereocenters. The molecule has 3 aromatic rings. The molecule has 2 aromatic heterocycles. The topological polar surface area (TPSA) is 63.0 Å². The zero-order chi connectivity index (χ0) is 22.0. The van der Waals surface area contributed by atoms with E-state index in [0.29, 0.717) is 12.0 Å². The van der Waals surface area contributed by atoms with E-state index in [1.165, 1.54) is 7.11 Å². The van der Waals surface area contributed by atoms with E-state index in [9.17, 15) is 4.79 Å². The lowest BCUT2D eigenvalue weighted by atomic mass is 9.88. The molecule has 0 radical (unpaired) electrons. The normalized spacial score (nSPS) is 10.1. The predicted octanol–water partition coefficient (Wildman–Crippen LogP) is 6.63. The van der Waals surface area contributed by atoms with Gasteiger partial charge in [0.15, 0.2) is 0 Å². The fourth-order valence-electron chi connectivity index (χ4n) is 2.84. The first-order valence-corrected chi connectivity index (χ1v) is 10.7. The molecule has 0 amide bonds. The van der Waals surface area contributed by atoms with E-state index >= 15 is 0 Å². The van der Waals surface area contributed by atoms with Gasteiger partial charge in [-0.3, -0.25) is 9.78 Å². The second-order valence-corrected chi connectivity index (χ2v) is 7.72. The highest BCUT2D eigenvalue weighted by Crippen LogP contribution is 2.36. The van der Waals surface area contributed by atoms with Crippen molar-refractivity contribution >= 4 is 27.4 Å². The third kappa shape index (κ3) is 5.88. The number of carbonyl (C=O) groups excluding carboxylic acids is 1. The summed E-state index contributed by atoms with van der Waals surface area (Å²) in [6.07, 6.45) is 4.30. The van der Waals surface area contributed by atoms with Crippen LogP contribution < -0.4 is 0 Å². The maximum absolute atomic E-state index is 11.9. The second kappa shape index (κ2) is 11.3. The number of carbonyl (C=O) groups is 1. The summed E-state index contributed by atoms with van der Waals surface area (Å²) in [7, 11) is 1.42. The number of pyridine rings is 1. The average Bonchev–Trinajstić information content (AvgIpc) is 3.17. The molecule has 4 nitrogen and oxygen atoms in total. The molecule has 0 saturated heterocycles. The van der Waals surface area contributed by atoms with E-state index in [-0.39, 0.29) is 5.97 Å². The molecule has 29 heavy (non-hydrogen) atoms. The lowest BCUT2D eigenvalue weighted by Gasteiger charge is -2.20. The van der Waals surface area contributed by atoms with Crippen molar-refractivity contribution in [2.45, 2.75) is 48.0 Å². The van der Waals surface area contributed by atoms with Gasteiger partial charge in [0.25, 0.3) is 0 Å². The van der Waals surface area contributed by atoms with Crippen LogP contribution in [0.2, 0.25) is 0 Å². The first-order valence-electron chi connectivity index (χ1n) is 9.90. The summed E-state index contributed by atoms with van der Waals surface area (Å²) < 4.78 is 5.98. The quantitative estimate of drug-likeness (QED) is 0.453. The number of esters is 1. The van der Waals surface area contributed by atoms with Gasteiger partial charge in [-0.1, -0.05) is 39.8 Å². The first-order chi connectivity index (χ1) is 13.9. The number of nitrogens with zero attached hydrogens (tertiary/aromatic N) is 2. The molecule has 0 bridgehead atoms. The van der Waals surface area contributed by atoms with Crippen LogP contribution in [0.1, 0.15) is 52.0 Å². The fraction of sp³-hybridized carbons (Fsp3) is 0.375. The van der Waals surface area contributed by atoms with Crippen LogP contribution in [-0.4, -0.2) is 18.1 Å². The lowest BCUT2D eigenvalue weighted by molar-refractivity contribution is -0.150. The van der Waals surface area contributed by atoms with E-state index < -0.39 is 5.41 Å². The Bertz CT molecular complexity index is 967. The van der Waals surface area contributed by atoms with Gasteiger partial charge in [-0.2, -0.15) is 5.26 Å². The molecule has 5 heteroatoms. The monoisotopic (exact) mass is 410 g/mol. The number of fused-ring (bicyclic) bond motifs is 1. The number of benzene rings is 1. The summed E-state index contributed by atoms with van der Waals surface area (Å²) in [5.74, 6) is -0.213. The zero-order valence-electron chi connectivity index (χ0n) is 18.4. The number of nitriles is 1. The minimum Gasteiger partial charge on any atom is -0.469 e. The van der Waals surface area contributed by atoms with E-state index in [1.54, 1.807) is 11.3 Å². The number of hydrogen-bond donors (Lipinski definition) is 0. The molecule has 0 N–H and O–H groups in total. The molecule has 0 aliphatic heterocycles. The molecule has 0 spiro atoms. The molecule has 154 valence electrons. The lowest BCUT2D eigenvalue weighted by Crippen LogP contribution is -2.27. The third-order valence-corrected chi connectivity index (χ3v) is 5.25. The summed E-state index contributed by atoms with van der Waals surface area (Å²) in [5, 5.41) is 10.1. The minimum atomic E-state index is -0.572. The van der Waals surface area contributed by atoms with E-state index in [4.69, 9.17) is 10.00 Å². The predicted molar refractivity (Wildman–Crippen MR) is 122 cm³/mol. The highest BCUT2D eigenvalue weighted by atomic mass is 32.1. The third-order valence-electron chi connectivity index (χ3n) is 4.18. The smallest absolute Gasteiger partial charge is 0.311 e. The summed E-state index contributed by atoms with van der Waals surface area (Å²) >= 11 is 1.65. The first kappa shape index (κ1) is 24.3. The van der Waals surface area contributed by atoms with Crippen LogP contribution in [-0.2, 0) is 16.0 Å². The largest absolute Gasteiger partial charge is 0.469 e. The Morgan fingerprint density at radius 1 is 1.14 bits per heavy atom. The highest BCUT2D eigenvalue weighted by Gasteiger charge is 2.29. The van der Waals surface area contributed by atoms with Crippen LogP contribution in [0, 0.1) is 16.7 Å². The van der Waals surface area contributed by atoms with Crippen molar-refractivity contribution in [1.82, 2.24) is 4.98 Å². The van der Waals surface area contributed by atoms with Crippen LogP contribution >= 0.6 is 11.3 Å². The van der Waals surface area contributed by atoms with Crippen molar-refractivity contribution in [3.63, 3.8) is 0 Å². The second-order valence-electron chi connectivity index (χ2n) is 6.55. The van der Waals surface area contributed by atoms with Crippen LogP contribution in [0.4, 0.5) is 0 Å². The van der Waals surface area contributed by atoms with Gasteiger partial charge in [0, 0.05) is 28.2 Å².